The van der Waals surface area contributed by atoms with E-state index in [-0.39, 0.29) is 31.1 Å². The van der Waals surface area contributed by atoms with Gasteiger partial charge in [-0.2, -0.15) is 0 Å². The van der Waals surface area contributed by atoms with E-state index >= 15 is 0 Å². The van der Waals surface area contributed by atoms with Gasteiger partial charge in [0.25, 0.3) is 0 Å². The summed E-state index contributed by atoms with van der Waals surface area (Å²) >= 11 is 0. The molecule has 1 aliphatic rings. The van der Waals surface area contributed by atoms with E-state index in [2.05, 4.69) is 5.32 Å². The first-order chi connectivity index (χ1) is 9.04. The van der Waals surface area contributed by atoms with Crippen molar-refractivity contribution in [3.05, 3.63) is 0 Å². The number of carbonyl (C=O) groups excluding carboxylic acids is 1. The van der Waals surface area contributed by atoms with Crippen LogP contribution in [0.1, 0.15) is 33.1 Å². The summed E-state index contributed by atoms with van der Waals surface area (Å²) in [5.74, 6) is -1.02. The number of hydrogen-bond acceptors (Lipinski definition) is 4. The average molecular weight is 272 g/mol. The molecule has 1 unspecified atom stereocenters. The van der Waals surface area contributed by atoms with Gasteiger partial charge in [0.2, 0.25) is 5.91 Å². The number of piperidine rings is 1. The molecule has 1 heterocycles. The highest BCUT2D eigenvalue weighted by Crippen LogP contribution is 2.09. The third kappa shape index (κ3) is 5.57. The molecular weight excluding hydrogens is 248 g/mol. The zero-order valence-electron chi connectivity index (χ0n) is 11.7. The Balaban J connectivity index is 2.37. The van der Waals surface area contributed by atoms with Gasteiger partial charge in [-0.3, -0.25) is 9.59 Å². The van der Waals surface area contributed by atoms with Crippen LogP contribution in [-0.2, 0) is 14.3 Å². The lowest BCUT2D eigenvalue weighted by molar-refractivity contribution is -0.143. The first-order valence-corrected chi connectivity index (χ1v) is 6.88. The zero-order valence-corrected chi connectivity index (χ0v) is 11.7. The second kappa shape index (κ2) is 8.12. The van der Waals surface area contributed by atoms with Gasteiger partial charge in [-0.05, 0) is 39.8 Å². The molecule has 1 saturated heterocycles. The highest BCUT2D eigenvalue weighted by molar-refractivity contribution is 5.78. The molecule has 0 aromatic carbocycles. The maximum atomic E-state index is 12.0. The summed E-state index contributed by atoms with van der Waals surface area (Å²) in [6.07, 6.45) is 1.94. The highest BCUT2D eigenvalue weighted by atomic mass is 16.5. The Kier molecular flexibility index (Phi) is 6.80. The molecule has 1 fully saturated rings. The number of carbonyl (C=O) groups is 2. The summed E-state index contributed by atoms with van der Waals surface area (Å²) in [5.41, 5.74) is 0. The van der Waals surface area contributed by atoms with Crippen molar-refractivity contribution in [2.24, 2.45) is 0 Å². The van der Waals surface area contributed by atoms with E-state index in [1.54, 1.807) is 11.8 Å². The summed E-state index contributed by atoms with van der Waals surface area (Å²) in [7, 11) is 0. The number of aliphatic carboxylic acids is 1. The van der Waals surface area contributed by atoms with Crippen LogP contribution in [0.5, 0.6) is 0 Å². The molecule has 0 radical (unpaired) electrons. The summed E-state index contributed by atoms with van der Waals surface area (Å²) in [6, 6.07) is -0.299. The molecule has 1 amide bonds. The van der Waals surface area contributed by atoms with Crippen LogP contribution in [0.2, 0.25) is 0 Å². The van der Waals surface area contributed by atoms with E-state index in [4.69, 9.17) is 9.84 Å². The minimum atomic E-state index is -0.891. The van der Waals surface area contributed by atoms with Gasteiger partial charge >= 0.3 is 5.97 Å². The van der Waals surface area contributed by atoms with Crippen LogP contribution in [0.15, 0.2) is 0 Å². The molecule has 1 aliphatic heterocycles. The zero-order chi connectivity index (χ0) is 14.3. The average Bonchev–Trinajstić information content (AvgIpc) is 2.37. The lowest BCUT2D eigenvalue weighted by atomic mass is 10.1. The highest BCUT2D eigenvalue weighted by Gasteiger charge is 2.22. The van der Waals surface area contributed by atoms with Crippen LogP contribution in [0.4, 0.5) is 0 Å². The number of carboxylic acids is 1. The number of carboxylic acid groups (broad SMARTS) is 1. The van der Waals surface area contributed by atoms with Crippen molar-refractivity contribution < 1.29 is 19.4 Å². The Hall–Kier alpha value is -1.14. The number of hydrogen-bond donors (Lipinski definition) is 2. The van der Waals surface area contributed by atoms with E-state index < -0.39 is 5.97 Å². The van der Waals surface area contributed by atoms with E-state index in [1.807, 2.05) is 6.92 Å². The molecular formula is C13H24N2O4. The van der Waals surface area contributed by atoms with Crippen LogP contribution in [0.3, 0.4) is 0 Å². The van der Waals surface area contributed by atoms with Gasteiger partial charge in [-0.25, -0.2) is 0 Å². The minimum Gasteiger partial charge on any atom is -0.481 e. The number of nitrogens with zero attached hydrogens (tertiary/aromatic N) is 1. The molecule has 1 rings (SSSR count). The van der Waals surface area contributed by atoms with Crippen molar-refractivity contribution in [1.82, 2.24) is 10.2 Å². The quantitative estimate of drug-likeness (QED) is 0.704. The molecule has 1 atom stereocenters. The molecule has 19 heavy (non-hydrogen) atoms. The van der Waals surface area contributed by atoms with Crippen molar-refractivity contribution in [2.45, 2.75) is 45.3 Å². The SMILES string of the molecule is CCN(C(=O)COC1CCNCC1)C(C)CC(=O)O. The van der Waals surface area contributed by atoms with Crippen molar-refractivity contribution in [3.8, 4) is 0 Å². The van der Waals surface area contributed by atoms with E-state index in [0.29, 0.717) is 6.54 Å². The summed E-state index contributed by atoms with van der Waals surface area (Å²) < 4.78 is 5.60. The van der Waals surface area contributed by atoms with Gasteiger partial charge in [0.15, 0.2) is 0 Å². The van der Waals surface area contributed by atoms with Gasteiger partial charge in [0, 0.05) is 12.6 Å². The molecule has 6 nitrogen and oxygen atoms in total. The molecule has 0 aromatic rings. The van der Waals surface area contributed by atoms with Crippen molar-refractivity contribution in [1.29, 1.82) is 0 Å². The predicted octanol–water partition coefficient (Wildman–Crippen LogP) is 0.467. The molecule has 0 bridgehead atoms. The van der Waals surface area contributed by atoms with Crippen LogP contribution in [0, 0.1) is 0 Å². The second-order valence-corrected chi connectivity index (χ2v) is 4.89. The number of likely N-dealkylation sites (N-methyl/N-ethyl adjacent to an activating group) is 1. The van der Waals surface area contributed by atoms with E-state index in [9.17, 15) is 9.59 Å². The molecule has 0 spiro atoms. The summed E-state index contributed by atoms with van der Waals surface area (Å²) in [6.45, 7) is 5.99. The summed E-state index contributed by atoms with van der Waals surface area (Å²) in [5, 5.41) is 12.0. The Bertz CT molecular complexity index is 303. The van der Waals surface area contributed by atoms with Crippen LogP contribution in [0.25, 0.3) is 0 Å². The molecule has 2 N–H and O–H groups in total. The van der Waals surface area contributed by atoms with Gasteiger partial charge < -0.3 is 20.1 Å². The molecule has 0 saturated carbocycles. The maximum Gasteiger partial charge on any atom is 0.305 e. The first-order valence-electron chi connectivity index (χ1n) is 6.88. The van der Waals surface area contributed by atoms with E-state index in [1.165, 1.54) is 0 Å². The standard InChI is InChI=1S/C13H24N2O4/c1-3-15(10(2)8-13(17)18)12(16)9-19-11-4-6-14-7-5-11/h10-11,14H,3-9H2,1-2H3,(H,17,18). The Morgan fingerprint density at radius 1 is 1.42 bits per heavy atom. The molecule has 6 heteroatoms. The number of amides is 1. The number of ether oxygens (including phenoxy) is 1. The first kappa shape index (κ1) is 15.9. The number of rotatable bonds is 7. The van der Waals surface area contributed by atoms with Gasteiger partial charge in [-0.1, -0.05) is 0 Å². The molecule has 110 valence electrons. The minimum absolute atomic E-state index is 0.0348. The molecule has 0 aliphatic carbocycles. The third-order valence-corrected chi connectivity index (χ3v) is 3.39. The second-order valence-electron chi connectivity index (χ2n) is 4.89. The van der Waals surface area contributed by atoms with Crippen molar-refractivity contribution >= 4 is 11.9 Å². The lowest BCUT2D eigenvalue weighted by Crippen LogP contribution is -2.43. The van der Waals surface area contributed by atoms with Gasteiger partial charge in [0.05, 0.1) is 12.5 Å². The normalized spacial score (nSPS) is 18.0. The molecule has 0 aromatic heterocycles. The summed E-state index contributed by atoms with van der Waals surface area (Å²) in [4.78, 5) is 24.3. The van der Waals surface area contributed by atoms with Crippen LogP contribution in [-0.4, -0.2) is 60.3 Å². The monoisotopic (exact) mass is 272 g/mol. The topological polar surface area (TPSA) is 78.9 Å². The lowest BCUT2D eigenvalue weighted by Gasteiger charge is -2.28. The van der Waals surface area contributed by atoms with Gasteiger partial charge in [0.1, 0.15) is 6.61 Å². The van der Waals surface area contributed by atoms with Crippen LogP contribution >= 0.6 is 0 Å². The van der Waals surface area contributed by atoms with Gasteiger partial charge in [-0.15, -0.1) is 0 Å². The number of nitrogens with one attached hydrogen (secondary N) is 1. The maximum absolute atomic E-state index is 12.0. The smallest absolute Gasteiger partial charge is 0.305 e. The largest absolute Gasteiger partial charge is 0.481 e. The predicted molar refractivity (Wildman–Crippen MR) is 70.9 cm³/mol. The third-order valence-electron chi connectivity index (χ3n) is 3.39. The van der Waals surface area contributed by atoms with Crippen LogP contribution < -0.4 is 5.32 Å². The Morgan fingerprint density at radius 2 is 2.05 bits per heavy atom. The van der Waals surface area contributed by atoms with E-state index in [0.717, 1.165) is 25.9 Å². The fraction of sp³-hybridized carbons (Fsp3) is 0.846. The van der Waals surface area contributed by atoms with Crippen molar-refractivity contribution in [2.75, 3.05) is 26.2 Å². The van der Waals surface area contributed by atoms with Crippen molar-refractivity contribution in [3.63, 3.8) is 0 Å². The fourth-order valence-electron chi connectivity index (χ4n) is 2.33. The Morgan fingerprint density at radius 3 is 2.58 bits per heavy atom. The Labute approximate surface area is 114 Å². The fourth-order valence-corrected chi connectivity index (χ4v) is 2.33.